The number of amides is 1. The van der Waals surface area contributed by atoms with E-state index in [0.29, 0.717) is 18.7 Å². The lowest BCUT2D eigenvalue weighted by Crippen LogP contribution is -2.23. The molecule has 0 aliphatic heterocycles. The van der Waals surface area contributed by atoms with Crippen LogP contribution in [-0.4, -0.2) is 27.1 Å². The first kappa shape index (κ1) is 16.0. The Morgan fingerprint density at radius 2 is 1.82 bits per heavy atom. The van der Waals surface area contributed by atoms with Crippen molar-refractivity contribution in [2.45, 2.75) is 13.2 Å². The fourth-order valence-corrected chi connectivity index (χ4v) is 2.21. The Kier molecular flexibility index (Phi) is 5.55. The molecule has 0 bridgehead atoms. The monoisotopic (exact) mass is 298 g/mol. The molecule has 22 heavy (non-hydrogen) atoms. The fourth-order valence-electron chi connectivity index (χ4n) is 2.21. The molecular formula is C18H22N2O2. The largest absolute Gasteiger partial charge is 0.380 e. The van der Waals surface area contributed by atoms with Crippen LogP contribution in [0.5, 0.6) is 0 Å². The summed E-state index contributed by atoms with van der Waals surface area (Å²) in [4.78, 5) is 14.2. The van der Waals surface area contributed by atoms with Crippen LogP contribution >= 0.6 is 0 Å². The predicted octanol–water partition coefficient (Wildman–Crippen LogP) is 2.83. The van der Waals surface area contributed by atoms with Crippen LogP contribution in [0.1, 0.15) is 21.5 Å². The third-order valence-electron chi connectivity index (χ3n) is 3.38. The second-order valence-corrected chi connectivity index (χ2v) is 5.38. The number of hydrogen-bond donors (Lipinski definition) is 1. The van der Waals surface area contributed by atoms with Crippen molar-refractivity contribution in [2.24, 2.45) is 0 Å². The Labute approximate surface area is 131 Å². The van der Waals surface area contributed by atoms with Gasteiger partial charge in [-0.15, -0.1) is 0 Å². The molecule has 4 nitrogen and oxygen atoms in total. The van der Waals surface area contributed by atoms with E-state index in [-0.39, 0.29) is 5.91 Å². The highest BCUT2D eigenvalue weighted by molar-refractivity contribution is 5.95. The highest BCUT2D eigenvalue weighted by atomic mass is 16.5. The van der Waals surface area contributed by atoms with Crippen molar-refractivity contribution in [3.8, 4) is 0 Å². The summed E-state index contributed by atoms with van der Waals surface area (Å²) >= 11 is 0. The number of carbonyl (C=O) groups is 1. The molecule has 2 aromatic carbocycles. The maximum atomic E-state index is 12.2. The van der Waals surface area contributed by atoms with Crippen LogP contribution in [0.2, 0.25) is 0 Å². The zero-order valence-corrected chi connectivity index (χ0v) is 13.3. The van der Waals surface area contributed by atoms with Gasteiger partial charge in [-0.1, -0.05) is 30.3 Å². The summed E-state index contributed by atoms with van der Waals surface area (Å²) in [7, 11) is 5.59. The molecule has 0 aliphatic carbocycles. The zero-order valence-electron chi connectivity index (χ0n) is 13.3. The highest BCUT2D eigenvalue weighted by Crippen LogP contribution is 2.13. The van der Waals surface area contributed by atoms with Crippen LogP contribution in [0, 0.1) is 0 Å². The molecule has 0 heterocycles. The second kappa shape index (κ2) is 7.61. The first-order chi connectivity index (χ1) is 10.6. The Morgan fingerprint density at radius 1 is 1.09 bits per heavy atom. The van der Waals surface area contributed by atoms with Gasteiger partial charge in [0, 0.05) is 39.0 Å². The second-order valence-electron chi connectivity index (χ2n) is 5.38. The summed E-state index contributed by atoms with van der Waals surface area (Å²) in [6.45, 7) is 1.08. The van der Waals surface area contributed by atoms with Crippen LogP contribution in [0.3, 0.4) is 0 Å². The minimum atomic E-state index is -0.0687. The Bertz CT molecular complexity index is 638. The van der Waals surface area contributed by atoms with Gasteiger partial charge in [-0.3, -0.25) is 4.79 Å². The lowest BCUT2D eigenvalue weighted by molar-refractivity contribution is 0.0951. The number of ether oxygens (including phenoxy) is 1. The maximum Gasteiger partial charge on any atom is 0.251 e. The van der Waals surface area contributed by atoms with Gasteiger partial charge in [-0.05, 0) is 29.3 Å². The van der Waals surface area contributed by atoms with Crippen molar-refractivity contribution in [3.63, 3.8) is 0 Å². The molecule has 1 amide bonds. The van der Waals surface area contributed by atoms with Gasteiger partial charge in [0.2, 0.25) is 0 Å². The molecule has 116 valence electrons. The van der Waals surface area contributed by atoms with E-state index in [0.717, 1.165) is 16.8 Å². The van der Waals surface area contributed by atoms with E-state index < -0.39 is 0 Å². The van der Waals surface area contributed by atoms with Gasteiger partial charge in [0.25, 0.3) is 5.91 Å². The average molecular weight is 298 g/mol. The minimum Gasteiger partial charge on any atom is -0.380 e. The minimum absolute atomic E-state index is 0.0687. The van der Waals surface area contributed by atoms with E-state index in [2.05, 4.69) is 5.32 Å². The van der Waals surface area contributed by atoms with E-state index in [9.17, 15) is 4.79 Å². The Balaban J connectivity index is 2.00. The molecule has 0 radical (unpaired) electrons. The average Bonchev–Trinajstić information content (AvgIpc) is 2.53. The van der Waals surface area contributed by atoms with Crippen LogP contribution < -0.4 is 10.2 Å². The van der Waals surface area contributed by atoms with Gasteiger partial charge in [0.15, 0.2) is 0 Å². The van der Waals surface area contributed by atoms with Crippen molar-refractivity contribution >= 4 is 11.6 Å². The molecule has 1 N–H and O–H groups in total. The van der Waals surface area contributed by atoms with Gasteiger partial charge < -0.3 is 15.0 Å². The lowest BCUT2D eigenvalue weighted by Gasteiger charge is -2.13. The van der Waals surface area contributed by atoms with Crippen molar-refractivity contribution in [2.75, 3.05) is 26.1 Å². The van der Waals surface area contributed by atoms with E-state index in [1.165, 1.54) is 0 Å². The summed E-state index contributed by atoms with van der Waals surface area (Å²) in [6.07, 6.45) is 0. The number of hydrogen-bond acceptors (Lipinski definition) is 3. The van der Waals surface area contributed by atoms with Gasteiger partial charge >= 0.3 is 0 Å². The van der Waals surface area contributed by atoms with Gasteiger partial charge in [-0.2, -0.15) is 0 Å². The van der Waals surface area contributed by atoms with Crippen molar-refractivity contribution in [1.29, 1.82) is 0 Å². The molecule has 0 spiro atoms. The van der Waals surface area contributed by atoms with Crippen LogP contribution in [0.25, 0.3) is 0 Å². The summed E-state index contributed by atoms with van der Waals surface area (Å²) < 4.78 is 5.12. The molecule has 2 aromatic rings. The molecule has 0 saturated carbocycles. The molecule has 2 rings (SSSR count). The SMILES string of the molecule is COCc1cccc(CNC(=O)c2cccc(N(C)C)c2)c1. The third kappa shape index (κ3) is 4.33. The van der Waals surface area contributed by atoms with Gasteiger partial charge in [-0.25, -0.2) is 0 Å². The summed E-state index contributed by atoms with van der Waals surface area (Å²) in [5.74, 6) is -0.0687. The lowest BCUT2D eigenvalue weighted by atomic mass is 10.1. The predicted molar refractivity (Wildman–Crippen MR) is 89.1 cm³/mol. The first-order valence-corrected chi connectivity index (χ1v) is 7.22. The molecule has 0 saturated heterocycles. The van der Waals surface area contributed by atoms with Gasteiger partial charge in [0.05, 0.1) is 6.61 Å². The number of nitrogens with one attached hydrogen (secondary N) is 1. The smallest absolute Gasteiger partial charge is 0.251 e. The van der Waals surface area contributed by atoms with Crippen molar-refractivity contribution in [1.82, 2.24) is 5.32 Å². The molecule has 0 aromatic heterocycles. The fraction of sp³-hybridized carbons (Fsp3) is 0.278. The number of rotatable bonds is 6. The summed E-state index contributed by atoms with van der Waals surface area (Å²) in [5.41, 5.74) is 3.84. The number of benzene rings is 2. The Hall–Kier alpha value is -2.33. The number of methoxy groups -OCH3 is 1. The number of nitrogens with zero attached hydrogens (tertiary/aromatic N) is 1. The zero-order chi connectivity index (χ0) is 15.9. The quantitative estimate of drug-likeness (QED) is 0.891. The number of anilines is 1. The Morgan fingerprint density at radius 3 is 2.55 bits per heavy atom. The third-order valence-corrected chi connectivity index (χ3v) is 3.38. The first-order valence-electron chi connectivity index (χ1n) is 7.22. The normalized spacial score (nSPS) is 10.3. The number of carbonyl (C=O) groups excluding carboxylic acids is 1. The molecule has 0 fully saturated rings. The van der Waals surface area contributed by atoms with Crippen LogP contribution in [0.15, 0.2) is 48.5 Å². The molecule has 4 heteroatoms. The van der Waals surface area contributed by atoms with Crippen LogP contribution in [-0.2, 0) is 17.9 Å². The van der Waals surface area contributed by atoms with Crippen LogP contribution in [0.4, 0.5) is 5.69 Å². The highest BCUT2D eigenvalue weighted by Gasteiger charge is 2.07. The maximum absolute atomic E-state index is 12.2. The van der Waals surface area contributed by atoms with E-state index in [4.69, 9.17) is 4.74 Å². The summed E-state index contributed by atoms with van der Waals surface area (Å²) in [5, 5.41) is 2.95. The molecule has 0 atom stereocenters. The van der Waals surface area contributed by atoms with Gasteiger partial charge in [0.1, 0.15) is 0 Å². The molecular weight excluding hydrogens is 276 g/mol. The van der Waals surface area contributed by atoms with Crippen molar-refractivity contribution < 1.29 is 9.53 Å². The van der Waals surface area contributed by atoms with Crippen molar-refractivity contribution in [3.05, 3.63) is 65.2 Å². The summed E-state index contributed by atoms with van der Waals surface area (Å²) in [6, 6.07) is 15.6. The topological polar surface area (TPSA) is 41.6 Å². The molecule has 0 unspecified atom stereocenters. The van der Waals surface area contributed by atoms with E-state index >= 15 is 0 Å². The molecule has 0 aliphatic rings. The van der Waals surface area contributed by atoms with E-state index in [1.54, 1.807) is 7.11 Å². The van der Waals surface area contributed by atoms with E-state index in [1.807, 2.05) is 67.5 Å². The standard InChI is InChI=1S/C18H22N2O2/c1-20(2)17-9-5-8-16(11-17)18(21)19-12-14-6-4-7-15(10-14)13-22-3/h4-11H,12-13H2,1-3H3,(H,19,21).